The van der Waals surface area contributed by atoms with E-state index in [0.29, 0.717) is 18.6 Å². The molecule has 264 valence electrons. The van der Waals surface area contributed by atoms with E-state index in [4.69, 9.17) is 19.7 Å². The highest BCUT2D eigenvalue weighted by molar-refractivity contribution is 8.16. The largest absolute Gasteiger partial charge is 0.443 e. The van der Waals surface area contributed by atoms with Crippen molar-refractivity contribution in [1.29, 1.82) is 5.26 Å². The van der Waals surface area contributed by atoms with Crippen LogP contribution in [-0.4, -0.2) is 76.6 Å². The lowest BCUT2D eigenvalue weighted by atomic mass is 9.84. The molecule has 0 radical (unpaired) electrons. The van der Waals surface area contributed by atoms with Gasteiger partial charge in [0.25, 0.3) is 0 Å². The summed E-state index contributed by atoms with van der Waals surface area (Å²) in [5.41, 5.74) is -1.52. The number of fused-ring (bicyclic) bond motifs is 1. The Balaban J connectivity index is 1.79. The third kappa shape index (κ3) is 9.33. The van der Waals surface area contributed by atoms with Gasteiger partial charge in [0.15, 0.2) is 5.17 Å². The van der Waals surface area contributed by atoms with Crippen LogP contribution in [0, 0.1) is 23.1 Å². The number of nitrogens with zero attached hydrogens (tertiary/aromatic N) is 4. The summed E-state index contributed by atoms with van der Waals surface area (Å²) in [5.74, 6) is -2.19. The first kappa shape index (κ1) is 38.2. The summed E-state index contributed by atoms with van der Waals surface area (Å²) in [7, 11) is -1.46. The summed E-state index contributed by atoms with van der Waals surface area (Å²) >= 11 is 1.10. The first-order chi connectivity index (χ1) is 22.8. The van der Waals surface area contributed by atoms with Gasteiger partial charge in [0.2, 0.25) is 5.91 Å². The van der Waals surface area contributed by atoms with E-state index in [9.17, 15) is 14.7 Å². The van der Waals surface area contributed by atoms with Crippen molar-refractivity contribution in [3.05, 3.63) is 64.7 Å². The third-order valence-electron chi connectivity index (χ3n) is 8.16. The van der Waals surface area contributed by atoms with E-state index in [1.165, 1.54) is 47.5 Å². The van der Waals surface area contributed by atoms with Crippen molar-refractivity contribution in [2.45, 2.75) is 88.7 Å². The summed E-state index contributed by atoms with van der Waals surface area (Å²) in [4.78, 5) is 37.7. The molecule has 0 saturated heterocycles. The Morgan fingerprint density at radius 2 is 2.00 bits per heavy atom. The molecule has 4 rings (SSSR count). The van der Waals surface area contributed by atoms with Gasteiger partial charge in [0.1, 0.15) is 34.8 Å². The normalized spacial score (nSPS) is 22.7. The summed E-state index contributed by atoms with van der Waals surface area (Å²) < 4.78 is 41.8. The van der Waals surface area contributed by atoms with Crippen molar-refractivity contribution in [2.24, 2.45) is 10.9 Å². The van der Waals surface area contributed by atoms with E-state index in [2.05, 4.69) is 29.9 Å². The number of hydrogen-bond donors (Lipinski definition) is 2. The van der Waals surface area contributed by atoms with Gasteiger partial charge >= 0.3 is 6.09 Å². The molecule has 4 atom stereocenters. The van der Waals surface area contributed by atoms with Crippen molar-refractivity contribution < 1.29 is 33.0 Å². The number of aromatic nitrogens is 1. The van der Waals surface area contributed by atoms with Gasteiger partial charge in [0, 0.05) is 38.9 Å². The molecule has 2 aromatic rings. The Labute approximate surface area is 292 Å². The lowest BCUT2D eigenvalue weighted by Crippen LogP contribution is -2.49. The fourth-order valence-electron chi connectivity index (χ4n) is 5.40. The highest BCUT2D eigenvalue weighted by atomic mass is 32.2. The van der Waals surface area contributed by atoms with Crippen LogP contribution in [0.25, 0.3) is 11.9 Å². The van der Waals surface area contributed by atoms with Crippen LogP contribution in [0.5, 0.6) is 0 Å². The van der Waals surface area contributed by atoms with Crippen LogP contribution >= 0.6 is 11.8 Å². The van der Waals surface area contributed by atoms with Crippen molar-refractivity contribution in [1.82, 2.24) is 15.2 Å². The lowest BCUT2D eigenvalue weighted by molar-refractivity contribution is -0.122. The smallest absolute Gasteiger partial charge is 0.418 e. The number of amides is 2. The number of aliphatic imine (C=N–C) groups is 1. The molecule has 1 aromatic carbocycles. The molecule has 1 unspecified atom stereocenters. The van der Waals surface area contributed by atoms with Gasteiger partial charge < -0.3 is 19.9 Å². The minimum Gasteiger partial charge on any atom is -0.443 e. The number of hydrogen-bond acceptors (Lipinski definition) is 9. The molecular formula is C35H45F2N5O5SSi. The third-order valence-corrected chi connectivity index (χ3v) is 11.4. The second-order valence-electron chi connectivity index (χ2n) is 14.9. The molecule has 1 aliphatic heterocycles. The Hall–Kier alpha value is -3.64. The summed E-state index contributed by atoms with van der Waals surface area (Å²) in [6.45, 7) is 15.3. The minimum atomic E-state index is -1.46. The highest BCUT2D eigenvalue weighted by Crippen LogP contribution is 2.66. The number of pyridine rings is 1. The number of amidine groups is 1. The molecule has 2 N–H and O–H groups in total. The first-order valence-electron chi connectivity index (χ1n) is 16.2. The maximum Gasteiger partial charge on any atom is 0.418 e. The number of halogens is 2. The van der Waals surface area contributed by atoms with Gasteiger partial charge in [-0.15, -0.1) is 0 Å². The number of carbonyl (C=O) groups excluding carboxylic acids is 2. The highest BCUT2D eigenvalue weighted by Gasteiger charge is 2.71. The number of rotatable bonds is 11. The topological polar surface area (TPSA) is 137 Å². The predicted octanol–water partition coefficient (Wildman–Crippen LogP) is 6.68. The zero-order valence-corrected chi connectivity index (χ0v) is 31.1. The molecule has 2 amide bonds. The minimum absolute atomic E-state index is 0.00332. The zero-order chi connectivity index (χ0) is 36.4. The number of aliphatic hydroxyl groups excluding tert-OH is 1. The Bertz CT molecular complexity index is 1670. The van der Waals surface area contributed by atoms with Gasteiger partial charge in [-0.2, -0.15) is 5.26 Å². The monoisotopic (exact) mass is 713 g/mol. The van der Waals surface area contributed by atoms with Crippen molar-refractivity contribution >= 4 is 48.9 Å². The predicted molar refractivity (Wildman–Crippen MR) is 189 cm³/mol. The number of carbonyl (C=O) groups is 2. The van der Waals surface area contributed by atoms with E-state index in [0.717, 1.165) is 17.8 Å². The van der Waals surface area contributed by atoms with Crippen LogP contribution in [0.1, 0.15) is 63.4 Å². The van der Waals surface area contributed by atoms with Crippen LogP contribution in [0.4, 0.5) is 13.6 Å². The molecule has 1 aromatic heterocycles. The molecule has 1 fully saturated rings. The van der Waals surface area contributed by atoms with Crippen LogP contribution in [0.15, 0.2) is 41.5 Å². The molecule has 0 spiro atoms. The number of thioether (sulfide) groups is 1. The maximum absolute atomic E-state index is 15.9. The molecule has 49 heavy (non-hydrogen) atoms. The zero-order valence-electron chi connectivity index (χ0n) is 29.3. The van der Waals surface area contributed by atoms with Crippen LogP contribution in [-0.2, 0) is 19.8 Å². The molecule has 2 aliphatic rings. The van der Waals surface area contributed by atoms with Gasteiger partial charge in [-0.25, -0.2) is 18.5 Å². The Morgan fingerprint density at radius 3 is 2.59 bits per heavy atom. The van der Waals surface area contributed by atoms with Crippen LogP contribution < -0.4 is 5.32 Å². The molecule has 1 aliphatic carbocycles. The molecule has 10 nitrogen and oxygen atoms in total. The van der Waals surface area contributed by atoms with E-state index in [1.807, 2.05) is 6.07 Å². The molecular weight excluding hydrogens is 669 g/mol. The fourth-order valence-corrected chi connectivity index (χ4v) is 7.74. The lowest BCUT2D eigenvalue weighted by Gasteiger charge is -2.38. The second-order valence-corrected chi connectivity index (χ2v) is 21.8. The van der Waals surface area contributed by atoms with E-state index in [-0.39, 0.29) is 41.2 Å². The van der Waals surface area contributed by atoms with Crippen molar-refractivity contribution in [3.8, 4) is 6.07 Å². The molecule has 14 heteroatoms. The van der Waals surface area contributed by atoms with Crippen LogP contribution in [0.2, 0.25) is 25.7 Å². The second kappa shape index (κ2) is 14.7. The molecule has 0 bridgehead atoms. The number of ether oxygens (including phenoxy) is 2. The van der Waals surface area contributed by atoms with E-state index >= 15 is 8.78 Å². The summed E-state index contributed by atoms with van der Waals surface area (Å²) in [5, 5.41) is 21.8. The van der Waals surface area contributed by atoms with Crippen molar-refractivity contribution in [2.75, 3.05) is 19.9 Å². The van der Waals surface area contributed by atoms with Gasteiger partial charge in [-0.3, -0.25) is 14.8 Å². The fraction of sp³-hybridized carbons (Fsp3) is 0.514. The summed E-state index contributed by atoms with van der Waals surface area (Å²) in [6.07, 6.45) is 1.23. The van der Waals surface area contributed by atoms with Gasteiger partial charge in [-0.1, -0.05) is 37.5 Å². The Kier molecular flexibility index (Phi) is 11.4. The quantitative estimate of drug-likeness (QED) is 0.150. The van der Waals surface area contributed by atoms with Crippen molar-refractivity contribution in [3.63, 3.8) is 0 Å². The van der Waals surface area contributed by atoms with Gasteiger partial charge in [-0.05, 0) is 83.0 Å². The van der Waals surface area contributed by atoms with E-state index in [1.54, 1.807) is 34.6 Å². The average molecular weight is 714 g/mol. The number of benzene rings is 1. The Morgan fingerprint density at radius 1 is 1.29 bits per heavy atom. The number of aliphatic hydroxyl groups is 1. The SMILES string of the molecule is CC(O)CNC(=O)[C@]12C[C@H]1[C@@](C)(c1cc(/C=C(\F)c3ccc(C#N)cn3)ccc1F)N=C(N(COCC[Si](C)(C)C)C(=O)OC(C)(C)C)S2. The van der Waals surface area contributed by atoms with Gasteiger partial charge in [0.05, 0.1) is 22.9 Å². The number of nitrogens with one attached hydrogen (secondary N) is 1. The number of nitriles is 1. The van der Waals surface area contributed by atoms with Crippen LogP contribution in [0.3, 0.4) is 0 Å². The molecule has 1 saturated carbocycles. The van der Waals surface area contributed by atoms with E-state index < -0.39 is 53.7 Å². The standard InChI is InChI=1S/C35H45F2N5O5SSi/c1-22(43)19-40-30(44)35-17-29(35)34(5,25-15-23(9-11-26(25)36)16-27(37)28-12-10-24(18-38)20-39-28)41-31(48-35)42(32(45)47-33(2,3)4)21-46-13-14-49(6,7)8/h9-12,15-16,20,22,29,43H,13-14,17,19,21H2,1-8H3,(H,40,44)/b27-16-/t22?,29-,34+,35-/m0/s1. The summed E-state index contributed by atoms with van der Waals surface area (Å²) in [6, 6.07) is 9.73. The maximum atomic E-state index is 15.9. The molecule has 2 heterocycles. The first-order valence-corrected chi connectivity index (χ1v) is 20.7. The average Bonchev–Trinajstić information content (AvgIpc) is 3.76.